The van der Waals surface area contributed by atoms with Crippen LogP contribution in [0.5, 0.6) is 0 Å². The SMILES string of the molecule is CCN1CCCC(NCc2cc(Br)c(C)s2)C1. The van der Waals surface area contributed by atoms with Crippen molar-refractivity contribution in [3.8, 4) is 0 Å². The van der Waals surface area contributed by atoms with Gasteiger partial charge in [-0.2, -0.15) is 0 Å². The first-order chi connectivity index (χ1) is 8.19. The number of likely N-dealkylation sites (tertiary alicyclic amines) is 1. The number of hydrogen-bond acceptors (Lipinski definition) is 3. The molecule has 1 saturated heterocycles. The normalized spacial score (nSPS) is 21.9. The molecule has 0 amide bonds. The van der Waals surface area contributed by atoms with Gasteiger partial charge in [0.1, 0.15) is 0 Å². The van der Waals surface area contributed by atoms with Crippen molar-refractivity contribution in [2.24, 2.45) is 0 Å². The molecule has 17 heavy (non-hydrogen) atoms. The van der Waals surface area contributed by atoms with Gasteiger partial charge in [-0.05, 0) is 54.9 Å². The lowest BCUT2D eigenvalue weighted by molar-refractivity contribution is 0.198. The molecule has 2 nitrogen and oxygen atoms in total. The van der Waals surface area contributed by atoms with Gasteiger partial charge >= 0.3 is 0 Å². The molecule has 0 saturated carbocycles. The Kier molecular flexibility index (Phi) is 5.03. The molecular weight excluding hydrogens is 296 g/mol. The van der Waals surface area contributed by atoms with Gasteiger partial charge in [0.2, 0.25) is 0 Å². The second-order valence-electron chi connectivity index (χ2n) is 4.73. The van der Waals surface area contributed by atoms with Crippen molar-refractivity contribution >= 4 is 27.3 Å². The smallest absolute Gasteiger partial charge is 0.0314 e. The van der Waals surface area contributed by atoms with Crippen molar-refractivity contribution in [2.45, 2.75) is 39.3 Å². The maximum Gasteiger partial charge on any atom is 0.0314 e. The highest BCUT2D eigenvalue weighted by molar-refractivity contribution is 9.10. The van der Waals surface area contributed by atoms with Gasteiger partial charge in [0.15, 0.2) is 0 Å². The summed E-state index contributed by atoms with van der Waals surface area (Å²) in [4.78, 5) is 5.35. The van der Waals surface area contributed by atoms with Gasteiger partial charge in [-0.15, -0.1) is 11.3 Å². The fourth-order valence-electron chi connectivity index (χ4n) is 2.36. The topological polar surface area (TPSA) is 15.3 Å². The lowest BCUT2D eigenvalue weighted by Gasteiger charge is -2.32. The minimum Gasteiger partial charge on any atom is -0.308 e. The molecule has 1 aliphatic heterocycles. The van der Waals surface area contributed by atoms with Crippen LogP contribution in [-0.2, 0) is 6.54 Å². The van der Waals surface area contributed by atoms with Gasteiger partial charge in [0.25, 0.3) is 0 Å². The van der Waals surface area contributed by atoms with Crippen LogP contribution in [-0.4, -0.2) is 30.6 Å². The molecule has 0 aliphatic carbocycles. The predicted octanol–water partition coefficient (Wildman–Crippen LogP) is 3.39. The van der Waals surface area contributed by atoms with E-state index in [-0.39, 0.29) is 0 Å². The largest absolute Gasteiger partial charge is 0.308 e. The Bertz CT molecular complexity index is 345. The second kappa shape index (κ2) is 6.32. The van der Waals surface area contributed by atoms with E-state index in [0.29, 0.717) is 6.04 Å². The molecule has 1 aliphatic rings. The predicted molar refractivity (Wildman–Crippen MR) is 78.7 cm³/mol. The molecule has 1 atom stereocenters. The summed E-state index contributed by atoms with van der Waals surface area (Å²) in [5.41, 5.74) is 0. The number of nitrogens with one attached hydrogen (secondary N) is 1. The van der Waals surface area contributed by atoms with E-state index in [9.17, 15) is 0 Å². The Balaban J connectivity index is 1.81. The molecule has 4 heteroatoms. The first-order valence-electron chi connectivity index (χ1n) is 6.39. The third-order valence-corrected chi connectivity index (χ3v) is 5.56. The van der Waals surface area contributed by atoms with Crippen LogP contribution in [0.3, 0.4) is 0 Å². The molecular formula is C13H21BrN2S. The van der Waals surface area contributed by atoms with Crippen LogP contribution in [0.25, 0.3) is 0 Å². The highest BCUT2D eigenvalue weighted by atomic mass is 79.9. The first kappa shape index (κ1) is 13.5. The Labute approximate surface area is 117 Å². The van der Waals surface area contributed by atoms with Crippen LogP contribution in [0.4, 0.5) is 0 Å². The third kappa shape index (κ3) is 3.78. The minimum atomic E-state index is 0.671. The van der Waals surface area contributed by atoms with E-state index in [1.807, 2.05) is 11.3 Å². The van der Waals surface area contributed by atoms with Crippen molar-refractivity contribution < 1.29 is 0 Å². The standard InChI is InChI=1S/C13H21BrN2S/c1-3-16-6-4-5-11(9-16)15-8-12-7-13(14)10(2)17-12/h7,11,15H,3-6,8-9H2,1-2H3. The zero-order valence-corrected chi connectivity index (χ0v) is 13.0. The van der Waals surface area contributed by atoms with E-state index in [0.717, 1.165) is 6.54 Å². The van der Waals surface area contributed by atoms with E-state index in [1.54, 1.807) is 0 Å². The molecule has 1 aromatic rings. The van der Waals surface area contributed by atoms with Crippen molar-refractivity contribution in [2.75, 3.05) is 19.6 Å². The summed E-state index contributed by atoms with van der Waals surface area (Å²) in [6.07, 6.45) is 2.65. The average molecular weight is 317 g/mol. The molecule has 0 spiro atoms. The van der Waals surface area contributed by atoms with Gasteiger partial charge < -0.3 is 10.2 Å². The number of piperidine rings is 1. The fraction of sp³-hybridized carbons (Fsp3) is 0.692. The average Bonchev–Trinajstić information content (AvgIpc) is 2.67. The summed E-state index contributed by atoms with van der Waals surface area (Å²) in [7, 11) is 0. The van der Waals surface area contributed by atoms with E-state index in [4.69, 9.17) is 0 Å². The number of halogens is 1. The fourth-order valence-corrected chi connectivity index (χ4v) is 3.91. The van der Waals surface area contributed by atoms with Crippen LogP contribution < -0.4 is 5.32 Å². The van der Waals surface area contributed by atoms with E-state index in [2.05, 4.69) is 46.1 Å². The molecule has 2 heterocycles. The molecule has 1 unspecified atom stereocenters. The quantitative estimate of drug-likeness (QED) is 0.916. The van der Waals surface area contributed by atoms with Crippen molar-refractivity contribution in [3.05, 3.63) is 20.3 Å². The van der Waals surface area contributed by atoms with E-state index >= 15 is 0 Å². The Morgan fingerprint density at radius 2 is 2.41 bits per heavy atom. The van der Waals surface area contributed by atoms with Gasteiger partial charge in [-0.1, -0.05) is 6.92 Å². The van der Waals surface area contributed by atoms with E-state index in [1.165, 1.54) is 46.7 Å². The molecule has 2 rings (SSSR count). The third-order valence-electron chi connectivity index (χ3n) is 3.43. The van der Waals surface area contributed by atoms with Crippen LogP contribution in [0.2, 0.25) is 0 Å². The maximum absolute atomic E-state index is 3.69. The minimum absolute atomic E-state index is 0.671. The van der Waals surface area contributed by atoms with Gasteiger partial charge in [-0.25, -0.2) is 0 Å². The summed E-state index contributed by atoms with van der Waals surface area (Å²) in [6, 6.07) is 2.91. The Hall–Kier alpha value is 0.1000. The van der Waals surface area contributed by atoms with Gasteiger partial charge in [-0.3, -0.25) is 0 Å². The van der Waals surface area contributed by atoms with Gasteiger partial charge in [0, 0.05) is 33.4 Å². The van der Waals surface area contributed by atoms with Crippen LogP contribution in [0.15, 0.2) is 10.5 Å². The molecule has 96 valence electrons. The van der Waals surface area contributed by atoms with Crippen molar-refractivity contribution in [3.63, 3.8) is 0 Å². The van der Waals surface area contributed by atoms with Crippen LogP contribution >= 0.6 is 27.3 Å². The highest BCUT2D eigenvalue weighted by Crippen LogP contribution is 2.26. The van der Waals surface area contributed by atoms with Gasteiger partial charge in [0.05, 0.1) is 0 Å². The van der Waals surface area contributed by atoms with Crippen LogP contribution in [0.1, 0.15) is 29.5 Å². The second-order valence-corrected chi connectivity index (χ2v) is 6.93. The number of aryl methyl sites for hydroxylation is 1. The lowest BCUT2D eigenvalue weighted by atomic mass is 10.1. The number of likely N-dealkylation sites (N-methyl/N-ethyl adjacent to an activating group) is 1. The number of thiophene rings is 1. The number of nitrogens with zero attached hydrogens (tertiary/aromatic N) is 1. The maximum atomic E-state index is 3.69. The Morgan fingerprint density at radius 3 is 3.06 bits per heavy atom. The molecule has 0 bridgehead atoms. The monoisotopic (exact) mass is 316 g/mol. The molecule has 1 aromatic heterocycles. The number of rotatable bonds is 4. The first-order valence-corrected chi connectivity index (χ1v) is 8.00. The zero-order valence-electron chi connectivity index (χ0n) is 10.6. The molecule has 0 radical (unpaired) electrons. The summed E-state index contributed by atoms with van der Waals surface area (Å²) in [5.74, 6) is 0. The van der Waals surface area contributed by atoms with Crippen molar-refractivity contribution in [1.82, 2.24) is 10.2 Å². The van der Waals surface area contributed by atoms with Crippen molar-refractivity contribution in [1.29, 1.82) is 0 Å². The molecule has 0 aromatic carbocycles. The highest BCUT2D eigenvalue weighted by Gasteiger charge is 2.18. The summed E-state index contributed by atoms with van der Waals surface area (Å²) in [5, 5.41) is 3.69. The molecule has 1 fully saturated rings. The summed E-state index contributed by atoms with van der Waals surface area (Å²) < 4.78 is 1.25. The summed E-state index contributed by atoms with van der Waals surface area (Å²) in [6.45, 7) is 9.10. The zero-order chi connectivity index (χ0) is 12.3. The Morgan fingerprint density at radius 1 is 1.59 bits per heavy atom. The number of hydrogen-bond donors (Lipinski definition) is 1. The lowest BCUT2D eigenvalue weighted by Crippen LogP contribution is -2.45. The van der Waals surface area contributed by atoms with Crippen LogP contribution in [0, 0.1) is 6.92 Å². The summed E-state index contributed by atoms with van der Waals surface area (Å²) >= 11 is 5.46. The molecule has 1 N–H and O–H groups in total. The van der Waals surface area contributed by atoms with E-state index < -0.39 is 0 Å².